The van der Waals surface area contributed by atoms with Crippen molar-refractivity contribution in [1.29, 1.82) is 0 Å². The molecule has 0 amide bonds. The number of nitrogens with zero attached hydrogens (tertiary/aromatic N) is 2. The van der Waals surface area contributed by atoms with E-state index in [0.29, 0.717) is 10.2 Å². The summed E-state index contributed by atoms with van der Waals surface area (Å²) in [6.07, 6.45) is 5.73. The monoisotopic (exact) mass is 358 g/mol. The van der Waals surface area contributed by atoms with Gasteiger partial charge in [-0.3, -0.25) is 9.59 Å². The Morgan fingerprint density at radius 1 is 1.57 bits per heavy atom. The second kappa shape index (κ2) is 7.04. The van der Waals surface area contributed by atoms with E-state index in [4.69, 9.17) is 5.73 Å². The van der Waals surface area contributed by atoms with Gasteiger partial charge in [-0.25, -0.2) is 4.68 Å². The third-order valence-electron chi connectivity index (χ3n) is 3.65. The molecule has 8 heteroatoms. The van der Waals surface area contributed by atoms with E-state index in [1.165, 1.54) is 13.3 Å². The van der Waals surface area contributed by atoms with Crippen LogP contribution in [-0.2, 0) is 16.1 Å². The molecule has 2 atom stereocenters. The Hall–Kier alpha value is -1.41. The van der Waals surface area contributed by atoms with Gasteiger partial charge in [-0.05, 0) is 28.8 Å². The number of nitrogens with two attached hydrogens (primary N) is 1. The topological polar surface area (TPSA) is 99.2 Å². The van der Waals surface area contributed by atoms with Crippen LogP contribution in [0.15, 0.2) is 15.5 Å². The molecule has 1 saturated carbocycles. The molecule has 1 aliphatic rings. The van der Waals surface area contributed by atoms with Crippen molar-refractivity contribution in [1.82, 2.24) is 9.78 Å². The molecule has 3 N–H and O–H groups in total. The van der Waals surface area contributed by atoms with Crippen molar-refractivity contribution < 1.29 is 9.53 Å². The predicted octanol–water partition coefficient (Wildman–Crippen LogP) is 0.861. The van der Waals surface area contributed by atoms with Crippen LogP contribution in [-0.4, -0.2) is 34.9 Å². The predicted molar refractivity (Wildman–Crippen MR) is 82.1 cm³/mol. The van der Waals surface area contributed by atoms with Gasteiger partial charge in [0.1, 0.15) is 11.0 Å². The number of rotatable bonds is 4. The summed E-state index contributed by atoms with van der Waals surface area (Å²) in [4.78, 5) is 23.4. The maximum atomic E-state index is 12.1. The number of hydrogen-bond donors (Lipinski definition) is 2. The highest BCUT2D eigenvalue weighted by Crippen LogP contribution is 2.23. The third-order valence-corrected chi connectivity index (χ3v) is 4.42. The zero-order chi connectivity index (χ0) is 15.4. The third kappa shape index (κ3) is 3.82. The number of carbonyl (C=O) groups is 1. The van der Waals surface area contributed by atoms with E-state index >= 15 is 0 Å². The van der Waals surface area contributed by atoms with Crippen LogP contribution in [0.1, 0.15) is 25.7 Å². The molecule has 1 fully saturated rings. The quantitative estimate of drug-likeness (QED) is 0.774. The van der Waals surface area contributed by atoms with Gasteiger partial charge in [0.2, 0.25) is 0 Å². The van der Waals surface area contributed by atoms with E-state index in [9.17, 15) is 9.59 Å². The molecule has 0 aliphatic heterocycles. The zero-order valence-corrected chi connectivity index (χ0v) is 13.4. The Bertz CT molecular complexity index is 575. The minimum absolute atomic E-state index is 0.0724. The SMILES string of the molecule is COC(=O)Cn1ncc(N[C@@H]2CCCC[C@H]2N)c(Br)c1=O. The van der Waals surface area contributed by atoms with E-state index in [1.807, 2.05) is 0 Å². The lowest BCUT2D eigenvalue weighted by molar-refractivity contribution is -0.141. The molecule has 21 heavy (non-hydrogen) atoms. The van der Waals surface area contributed by atoms with Crippen LogP contribution in [0.2, 0.25) is 0 Å². The van der Waals surface area contributed by atoms with Crippen LogP contribution in [0.5, 0.6) is 0 Å². The van der Waals surface area contributed by atoms with Crippen LogP contribution in [0.4, 0.5) is 5.69 Å². The van der Waals surface area contributed by atoms with Crippen LogP contribution < -0.4 is 16.6 Å². The first kappa shape index (κ1) is 16.0. The molecule has 0 spiro atoms. The number of nitrogens with one attached hydrogen (secondary N) is 1. The molecular formula is C13H19BrN4O3. The van der Waals surface area contributed by atoms with Gasteiger partial charge in [0, 0.05) is 12.1 Å². The van der Waals surface area contributed by atoms with Crippen LogP contribution in [0, 0.1) is 0 Å². The number of anilines is 1. The molecule has 7 nitrogen and oxygen atoms in total. The second-order valence-corrected chi connectivity index (χ2v) is 5.90. The van der Waals surface area contributed by atoms with Crippen molar-refractivity contribution in [3.05, 3.63) is 21.0 Å². The fraction of sp³-hybridized carbons (Fsp3) is 0.615. The molecule has 116 valence electrons. The van der Waals surface area contributed by atoms with E-state index in [1.54, 1.807) is 0 Å². The summed E-state index contributed by atoms with van der Waals surface area (Å²) in [5.74, 6) is -0.522. The summed E-state index contributed by atoms with van der Waals surface area (Å²) in [6, 6.07) is 0.204. The standard InChI is InChI=1S/C13H19BrN4O3/c1-21-11(19)7-18-13(20)12(14)10(6-16-18)17-9-5-3-2-4-8(9)15/h6,8-9,17H,2-5,7,15H2,1H3/t8-,9-/m1/s1. The van der Waals surface area contributed by atoms with Crippen LogP contribution in [0.25, 0.3) is 0 Å². The second-order valence-electron chi connectivity index (χ2n) is 5.11. The maximum Gasteiger partial charge on any atom is 0.327 e. The molecule has 1 aliphatic carbocycles. The van der Waals surface area contributed by atoms with Crippen molar-refractivity contribution in [2.75, 3.05) is 12.4 Å². The van der Waals surface area contributed by atoms with Gasteiger partial charge >= 0.3 is 5.97 Å². The zero-order valence-electron chi connectivity index (χ0n) is 11.8. The molecule has 0 unspecified atom stereocenters. The van der Waals surface area contributed by atoms with Gasteiger partial charge in [0.15, 0.2) is 0 Å². The lowest BCUT2D eigenvalue weighted by Gasteiger charge is -2.30. The first-order valence-electron chi connectivity index (χ1n) is 6.87. The van der Waals surface area contributed by atoms with Gasteiger partial charge in [-0.15, -0.1) is 0 Å². The molecule has 1 aromatic heterocycles. The molecule has 0 bridgehead atoms. The largest absolute Gasteiger partial charge is 0.468 e. The van der Waals surface area contributed by atoms with Gasteiger partial charge in [-0.2, -0.15) is 5.10 Å². The number of halogens is 1. The number of methoxy groups -OCH3 is 1. The molecule has 0 radical (unpaired) electrons. The lowest BCUT2D eigenvalue weighted by atomic mass is 9.91. The Morgan fingerprint density at radius 3 is 2.95 bits per heavy atom. The van der Waals surface area contributed by atoms with E-state index in [-0.39, 0.29) is 24.2 Å². The van der Waals surface area contributed by atoms with E-state index in [2.05, 4.69) is 31.1 Å². The summed E-state index contributed by atoms with van der Waals surface area (Å²) in [5.41, 5.74) is 6.31. The summed E-state index contributed by atoms with van der Waals surface area (Å²) in [6.45, 7) is -0.211. The Morgan fingerprint density at radius 2 is 2.29 bits per heavy atom. The van der Waals surface area contributed by atoms with E-state index < -0.39 is 5.97 Å². The first-order chi connectivity index (χ1) is 10.0. The Labute approximate surface area is 131 Å². The van der Waals surface area contributed by atoms with Crippen molar-refractivity contribution in [2.45, 2.75) is 44.3 Å². The summed E-state index contributed by atoms with van der Waals surface area (Å²) >= 11 is 3.26. The van der Waals surface area contributed by atoms with Crippen LogP contribution >= 0.6 is 15.9 Å². The van der Waals surface area contributed by atoms with Gasteiger partial charge in [0.05, 0.1) is 19.0 Å². The molecule has 0 aromatic carbocycles. The van der Waals surface area contributed by atoms with E-state index in [0.717, 1.165) is 30.4 Å². The molecule has 1 heterocycles. The fourth-order valence-electron chi connectivity index (χ4n) is 2.40. The number of ether oxygens (including phenoxy) is 1. The highest BCUT2D eigenvalue weighted by Gasteiger charge is 2.23. The lowest BCUT2D eigenvalue weighted by Crippen LogP contribution is -2.43. The number of hydrogen-bond acceptors (Lipinski definition) is 6. The van der Waals surface area contributed by atoms with Gasteiger partial charge < -0.3 is 15.8 Å². The average Bonchev–Trinajstić information content (AvgIpc) is 2.48. The molecule has 0 saturated heterocycles. The summed E-state index contributed by atoms with van der Waals surface area (Å²) < 4.78 is 5.93. The van der Waals surface area contributed by atoms with Crippen molar-refractivity contribution in [2.24, 2.45) is 5.73 Å². The van der Waals surface area contributed by atoms with Crippen molar-refractivity contribution in [3.8, 4) is 0 Å². The summed E-state index contributed by atoms with van der Waals surface area (Å²) in [7, 11) is 1.27. The molecule has 2 rings (SSSR count). The Kier molecular flexibility index (Phi) is 5.35. The first-order valence-corrected chi connectivity index (χ1v) is 7.66. The molecular weight excluding hydrogens is 340 g/mol. The number of aromatic nitrogens is 2. The minimum Gasteiger partial charge on any atom is -0.468 e. The average molecular weight is 359 g/mol. The summed E-state index contributed by atoms with van der Waals surface area (Å²) in [5, 5.41) is 7.26. The van der Waals surface area contributed by atoms with Crippen molar-refractivity contribution >= 4 is 27.6 Å². The number of esters is 1. The smallest absolute Gasteiger partial charge is 0.327 e. The van der Waals surface area contributed by atoms with Gasteiger partial charge in [0.25, 0.3) is 5.56 Å². The number of carbonyl (C=O) groups excluding carboxylic acids is 1. The van der Waals surface area contributed by atoms with Crippen LogP contribution in [0.3, 0.4) is 0 Å². The highest BCUT2D eigenvalue weighted by molar-refractivity contribution is 9.10. The Balaban J connectivity index is 2.16. The minimum atomic E-state index is -0.522. The highest BCUT2D eigenvalue weighted by atomic mass is 79.9. The normalized spacial score (nSPS) is 21.9. The molecule has 1 aromatic rings. The van der Waals surface area contributed by atoms with Gasteiger partial charge in [-0.1, -0.05) is 12.8 Å². The maximum absolute atomic E-state index is 12.1. The van der Waals surface area contributed by atoms with Crippen molar-refractivity contribution in [3.63, 3.8) is 0 Å². The fourth-order valence-corrected chi connectivity index (χ4v) is 2.83.